The average molecular weight is 529 g/mol. The monoisotopic (exact) mass is 528 g/mol. The molecule has 5 aromatic rings. The van der Waals surface area contributed by atoms with Crippen molar-refractivity contribution in [3.63, 3.8) is 0 Å². The minimum Gasteiger partial charge on any atom is -0.550 e. The fourth-order valence-corrected chi connectivity index (χ4v) is 4.79. The number of alkyl halides is 3. The Balaban J connectivity index is 1.55. The second kappa shape index (κ2) is 10.3. The Morgan fingerprint density at radius 3 is 2.36 bits per heavy atom. The highest BCUT2D eigenvalue weighted by Crippen LogP contribution is 2.38. The number of hydrogen-bond donors (Lipinski definition) is 1. The number of nitrogens with zero attached hydrogens (tertiary/aromatic N) is 2. The lowest BCUT2D eigenvalue weighted by atomic mass is 10.0. The summed E-state index contributed by atoms with van der Waals surface area (Å²) >= 11 is 0. The number of aromatic nitrogens is 2. The topological polar surface area (TPSA) is 70.0 Å². The van der Waals surface area contributed by atoms with Crippen molar-refractivity contribution in [1.29, 1.82) is 0 Å². The Morgan fingerprint density at radius 2 is 1.67 bits per heavy atom. The first kappa shape index (κ1) is 26.0. The van der Waals surface area contributed by atoms with Gasteiger partial charge in [-0.15, -0.1) is 0 Å². The minimum absolute atomic E-state index is 0.0864. The molecule has 198 valence electrons. The molecule has 1 aromatic heterocycles. The van der Waals surface area contributed by atoms with Crippen molar-refractivity contribution in [3.05, 3.63) is 113 Å². The van der Waals surface area contributed by atoms with Crippen LogP contribution in [0.25, 0.3) is 22.2 Å². The number of carboxylic acid groups (broad SMARTS) is 1. The molecule has 39 heavy (non-hydrogen) atoms. The number of carbonyl (C=O) groups excluding carboxylic acids is 1. The molecular formula is C31H25F3N3O2-. The van der Waals surface area contributed by atoms with E-state index >= 15 is 0 Å². The molecule has 0 amide bonds. The normalized spacial score (nSPS) is 11.6. The molecule has 0 radical (unpaired) electrons. The largest absolute Gasteiger partial charge is 0.550 e. The third-order valence-corrected chi connectivity index (χ3v) is 6.62. The molecule has 0 aliphatic heterocycles. The Hall–Kier alpha value is -4.59. The molecule has 0 aliphatic rings. The van der Waals surface area contributed by atoms with Crippen LogP contribution in [-0.2, 0) is 23.9 Å². The van der Waals surface area contributed by atoms with Crippen molar-refractivity contribution in [2.24, 2.45) is 0 Å². The van der Waals surface area contributed by atoms with Crippen LogP contribution in [0.2, 0.25) is 0 Å². The molecule has 0 saturated carbocycles. The summed E-state index contributed by atoms with van der Waals surface area (Å²) in [6, 6.07) is 24.5. The first-order valence-electron chi connectivity index (χ1n) is 12.4. The number of hydrogen-bond acceptors (Lipinski definition) is 4. The highest BCUT2D eigenvalue weighted by molar-refractivity contribution is 5.95. The fourth-order valence-electron chi connectivity index (χ4n) is 4.79. The van der Waals surface area contributed by atoms with Gasteiger partial charge in [-0.2, -0.15) is 18.3 Å². The maximum Gasteiger partial charge on any atom is 0.418 e. The van der Waals surface area contributed by atoms with Crippen molar-refractivity contribution in [2.75, 3.05) is 5.32 Å². The standard InChI is InChI=1S/C31H26F3N3O2/c1-19-9-10-23(20(2)15-19)18-37-30(26-7-4-8-27(29(26)36-37)31(32,33)34)22-11-13-24(14-12-22)35-25-6-3-5-21(16-25)17-28(38)39/h3-16,35H,17-18H2,1-2H3,(H,38,39)/p-1. The predicted octanol–water partition coefficient (Wildman–Crippen LogP) is 6.42. The molecule has 1 N–H and O–H groups in total. The Morgan fingerprint density at radius 1 is 0.923 bits per heavy atom. The van der Waals surface area contributed by atoms with Crippen LogP contribution in [0.1, 0.15) is 27.8 Å². The van der Waals surface area contributed by atoms with E-state index in [1.54, 1.807) is 28.9 Å². The van der Waals surface area contributed by atoms with Gasteiger partial charge >= 0.3 is 6.18 Å². The van der Waals surface area contributed by atoms with Crippen LogP contribution in [0.4, 0.5) is 24.5 Å². The number of halogens is 3. The van der Waals surface area contributed by atoms with Crippen molar-refractivity contribution >= 4 is 28.2 Å². The van der Waals surface area contributed by atoms with Crippen LogP contribution < -0.4 is 10.4 Å². The number of fused-ring (bicyclic) bond motifs is 1. The highest BCUT2D eigenvalue weighted by Gasteiger charge is 2.34. The van der Waals surface area contributed by atoms with Gasteiger partial charge in [0.2, 0.25) is 0 Å². The second-order valence-electron chi connectivity index (χ2n) is 9.59. The summed E-state index contributed by atoms with van der Waals surface area (Å²) in [6.07, 6.45) is -4.72. The van der Waals surface area contributed by atoms with Gasteiger partial charge < -0.3 is 15.2 Å². The number of carbonyl (C=O) groups is 1. The van der Waals surface area contributed by atoms with Crippen molar-refractivity contribution in [1.82, 2.24) is 9.78 Å². The van der Waals surface area contributed by atoms with E-state index in [4.69, 9.17) is 0 Å². The van der Waals surface area contributed by atoms with E-state index < -0.39 is 17.7 Å². The molecule has 5 rings (SSSR count). The first-order valence-corrected chi connectivity index (χ1v) is 12.4. The van der Waals surface area contributed by atoms with Crippen LogP contribution in [0, 0.1) is 13.8 Å². The van der Waals surface area contributed by atoms with E-state index in [1.807, 2.05) is 62.4 Å². The van der Waals surface area contributed by atoms with Crippen molar-refractivity contribution in [2.45, 2.75) is 33.0 Å². The molecule has 0 saturated heterocycles. The van der Waals surface area contributed by atoms with Gasteiger partial charge in [-0.25, -0.2) is 0 Å². The van der Waals surface area contributed by atoms with Crippen molar-refractivity contribution in [3.8, 4) is 11.3 Å². The lowest BCUT2D eigenvalue weighted by molar-refractivity contribution is -0.304. The van der Waals surface area contributed by atoms with Crippen molar-refractivity contribution < 1.29 is 23.1 Å². The third-order valence-electron chi connectivity index (χ3n) is 6.62. The maximum absolute atomic E-state index is 13.9. The molecule has 0 bridgehead atoms. The highest BCUT2D eigenvalue weighted by atomic mass is 19.4. The quantitative estimate of drug-likeness (QED) is 0.265. The molecule has 4 aromatic carbocycles. The van der Waals surface area contributed by atoms with Gasteiger partial charge in [0.1, 0.15) is 5.52 Å². The summed E-state index contributed by atoms with van der Waals surface area (Å²) in [5.74, 6) is -1.16. The van der Waals surface area contributed by atoms with Crippen LogP contribution in [0.15, 0.2) is 84.9 Å². The Labute approximate surface area is 223 Å². The molecule has 0 spiro atoms. The summed E-state index contributed by atoms with van der Waals surface area (Å²) in [7, 11) is 0. The van der Waals surface area contributed by atoms with Gasteiger partial charge in [-0.3, -0.25) is 4.68 Å². The number of nitrogens with one attached hydrogen (secondary N) is 1. The summed E-state index contributed by atoms with van der Waals surface area (Å²) in [6.45, 7) is 4.29. The number of benzene rings is 4. The lowest BCUT2D eigenvalue weighted by Gasteiger charge is -2.13. The summed E-state index contributed by atoms with van der Waals surface area (Å²) in [5.41, 5.74) is 5.64. The number of carboxylic acids is 1. The molecule has 0 fully saturated rings. The van der Waals surface area contributed by atoms with Crippen LogP contribution >= 0.6 is 0 Å². The molecular weight excluding hydrogens is 503 g/mol. The maximum atomic E-state index is 13.9. The summed E-state index contributed by atoms with van der Waals surface area (Å²) < 4.78 is 43.2. The van der Waals surface area contributed by atoms with E-state index in [-0.39, 0.29) is 11.9 Å². The van der Waals surface area contributed by atoms with Gasteiger partial charge in [0.15, 0.2) is 0 Å². The zero-order chi connectivity index (χ0) is 27.7. The summed E-state index contributed by atoms with van der Waals surface area (Å²) in [4.78, 5) is 10.9. The van der Waals surface area contributed by atoms with Crippen LogP contribution in [0.5, 0.6) is 0 Å². The van der Waals surface area contributed by atoms with Crippen LogP contribution in [0.3, 0.4) is 0 Å². The van der Waals surface area contributed by atoms with E-state index in [0.29, 0.717) is 28.9 Å². The third kappa shape index (κ3) is 5.65. The predicted molar refractivity (Wildman–Crippen MR) is 144 cm³/mol. The molecule has 0 unspecified atom stereocenters. The Kier molecular flexibility index (Phi) is 6.87. The van der Waals surface area contributed by atoms with E-state index in [9.17, 15) is 23.1 Å². The zero-order valence-corrected chi connectivity index (χ0v) is 21.3. The van der Waals surface area contributed by atoms with E-state index in [1.165, 1.54) is 6.07 Å². The average Bonchev–Trinajstić information content (AvgIpc) is 3.23. The summed E-state index contributed by atoms with van der Waals surface area (Å²) in [5, 5.41) is 19.1. The number of aryl methyl sites for hydroxylation is 2. The van der Waals surface area contributed by atoms with Gasteiger partial charge in [-0.1, -0.05) is 60.2 Å². The van der Waals surface area contributed by atoms with Gasteiger partial charge in [-0.05, 0) is 60.9 Å². The van der Waals surface area contributed by atoms with E-state index in [0.717, 1.165) is 34.0 Å². The number of aliphatic carboxylic acids is 1. The van der Waals surface area contributed by atoms with Gasteiger partial charge in [0.25, 0.3) is 0 Å². The molecule has 1 heterocycles. The zero-order valence-electron chi connectivity index (χ0n) is 21.3. The van der Waals surface area contributed by atoms with Gasteiger partial charge in [0, 0.05) is 34.7 Å². The molecule has 5 nitrogen and oxygen atoms in total. The first-order chi connectivity index (χ1) is 18.6. The fraction of sp³-hybridized carbons (Fsp3) is 0.161. The lowest BCUT2D eigenvalue weighted by Crippen LogP contribution is -2.24. The Bertz CT molecular complexity index is 1670. The number of anilines is 2. The minimum atomic E-state index is -4.53. The van der Waals surface area contributed by atoms with Gasteiger partial charge in [0.05, 0.1) is 17.8 Å². The van der Waals surface area contributed by atoms with Crippen LogP contribution in [-0.4, -0.2) is 15.7 Å². The molecule has 0 aliphatic carbocycles. The van der Waals surface area contributed by atoms with E-state index in [2.05, 4.69) is 10.4 Å². The second-order valence-corrected chi connectivity index (χ2v) is 9.59. The molecule has 0 atom stereocenters. The molecule has 8 heteroatoms. The smallest absolute Gasteiger partial charge is 0.418 e. The SMILES string of the molecule is Cc1ccc(Cn2nc3c(C(F)(F)F)cccc3c2-c2ccc(Nc3cccc(CC(=O)[O-])c3)cc2)c(C)c1. The number of rotatable bonds is 7.